The molecule has 0 radical (unpaired) electrons. The van der Waals surface area contributed by atoms with E-state index in [4.69, 9.17) is 10.5 Å². The number of ether oxygens (including phenoxy) is 1. The molecule has 0 saturated heterocycles. The highest BCUT2D eigenvalue weighted by atomic mass is 16.5. The predicted molar refractivity (Wildman–Crippen MR) is 83.1 cm³/mol. The second-order valence-electron chi connectivity index (χ2n) is 5.80. The Kier molecular flexibility index (Phi) is 4.55. The summed E-state index contributed by atoms with van der Waals surface area (Å²) in [4.78, 5) is 33.9. The molecule has 1 amide bonds. The number of nitrogens with zero attached hydrogens (tertiary/aromatic N) is 3. The third-order valence-electron chi connectivity index (χ3n) is 4.00. The van der Waals surface area contributed by atoms with E-state index in [1.807, 2.05) is 4.90 Å². The summed E-state index contributed by atoms with van der Waals surface area (Å²) in [7, 11) is 0. The number of nitrogen functional groups attached to an aromatic ring is 1. The number of carbonyl (C=O) groups excluding carboxylic acids is 2. The van der Waals surface area contributed by atoms with Gasteiger partial charge in [-0.05, 0) is 38.5 Å². The van der Waals surface area contributed by atoms with Gasteiger partial charge in [0.25, 0.3) is 5.91 Å². The number of carbonyl (C=O) groups is 2. The lowest BCUT2D eigenvalue weighted by Crippen LogP contribution is -2.36. The van der Waals surface area contributed by atoms with Gasteiger partial charge in [0, 0.05) is 24.1 Å². The number of amides is 1. The molecule has 7 heteroatoms. The van der Waals surface area contributed by atoms with E-state index in [-0.39, 0.29) is 30.1 Å². The monoisotopic (exact) mass is 316 g/mol. The van der Waals surface area contributed by atoms with Crippen LogP contribution in [0.3, 0.4) is 0 Å². The van der Waals surface area contributed by atoms with E-state index in [0.29, 0.717) is 0 Å². The first-order valence-electron chi connectivity index (χ1n) is 7.91. The molecule has 7 nitrogen and oxygen atoms in total. The molecule has 1 aromatic heterocycles. The normalized spacial score (nSPS) is 17.3. The molecule has 1 fully saturated rings. The van der Waals surface area contributed by atoms with E-state index < -0.39 is 5.97 Å². The summed E-state index contributed by atoms with van der Waals surface area (Å²) in [5, 5.41) is 0. The lowest BCUT2D eigenvalue weighted by molar-refractivity contribution is -0.133. The Morgan fingerprint density at radius 2 is 2.04 bits per heavy atom. The van der Waals surface area contributed by atoms with Crippen LogP contribution >= 0.6 is 0 Å². The summed E-state index contributed by atoms with van der Waals surface area (Å²) in [5.41, 5.74) is 6.59. The molecule has 0 aliphatic heterocycles. The summed E-state index contributed by atoms with van der Waals surface area (Å²) >= 11 is 0. The number of rotatable bonds is 5. The minimum atomic E-state index is -0.725. The molecule has 2 N–H and O–H groups in total. The highest BCUT2D eigenvalue weighted by molar-refractivity contribution is 5.93. The molecule has 0 unspecified atom stereocenters. The molecular formula is C16H20N4O3. The van der Waals surface area contributed by atoms with Crippen molar-refractivity contribution in [2.45, 2.75) is 44.6 Å². The van der Waals surface area contributed by atoms with Crippen molar-refractivity contribution in [2.75, 3.05) is 12.3 Å². The van der Waals surface area contributed by atoms with Gasteiger partial charge < -0.3 is 15.4 Å². The maximum Gasteiger partial charge on any atom is 0.361 e. The zero-order valence-electron chi connectivity index (χ0n) is 12.9. The minimum Gasteiger partial charge on any atom is -0.451 e. The zero-order chi connectivity index (χ0) is 16.2. The molecule has 0 spiro atoms. The summed E-state index contributed by atoms with van der Waals surface area (Å²) in [5.74, 6) is -0.909. The van der Waals surface area contributed by atoms with E-state index in [1.165, 1.54) is 12.4 Å². The summed E-state index contributed by atoms with van der Waals surface area (Å²) < 4.78 is 5.08. The minimum absolute atomic E-state index is 0.000938. The van der Waals surface area contributed by atoms with Crippen molar-refractivity contribution in [3.05, 3.63) is 29.9 Å². The van der Waals surface area contributed by atoms with Crippen molar-refractivity contribution in [1.29, 1.82) is 0 Å². The number of esters is 1. The first-order valence-corrected chi connectivity index (χ1v) is 7.91. The Bertz CT molecular complexity index is 640. The molecule has 0 aromatic carbocycles. The molecule has 2 aliphatic rings. The zero-order valence-corrected chi connectivity index (χ0v) is 12.9. The molecular weight excluding hydrogens is 296 g/mol. The van der Waals surface area contributed by atoms with Crippen molar-refractivity contribution in [1.82, 2.24) is 14.9 Å². The van der Waals surface area contributed by atoms with Gasteiger partial charge in [0.15, 0.2) is 18.1 Å². The van der Waals surface area contributed by atoms with Gasteiger partial charge in [-0.15, -0.1) is 0 Å². The van der Waals surface area contributed by atoms with Crippen molar-refractivity contribution in [2.24, 2.45) is 0 Å². The van der Waals surface area contributed by atoms with Crippen LogP contribution in [0.4, 0.5) is 5.82 Å². The third kappa shape index (κ3) is 3.67. The van der Waals surface area contributed by atoms with Crippen molar-refractivity contribution < 1.29 is 14.3 Å². The fraction of sp³-hybridized carbons (Fsp3) is 0.500. The largest absolute Gasteiger partial charge is 0.451 e. The molecule has 0 atom stereocenters. The van der Waals surface area contributed by atoms with Gasteiger partial charge in [-0.2, -0.15) is 0 Å². The number of hydrogen-bond acceptors (Lipinski definition) is 6. The number of hydrogen-bond donors (Lipinski definition) is 1. The number of nitrogens with two attached hydrogens (primary N) is 1. The second kappa shape index (κ2) is 6.76. The lowest BCUT2D eigenvalue weighted by atomic mass is 10.0. The van der Waals surface area contributed by atoms with Crippen LogP contribution in [0, 0.1) is 0 Å². The standard InChI is InChI=1S/C16H20N4O3/c17-15-14(18-8-9-19-15)16(22)23-10-13(21)20(12-6-7-12)11-4-2-1-3-5-11/h4,8-9,12H,1-3,5-7,10H2,(H2,17,19). The van der Waals surface area contributed by atoms with Gasteiger partial charge in [-0.3, -0.25) is 4.79 Å². The Morgan fingerprint density at radius 3 is 2.70 bits per heavy atom. The van der Waals surface area contributed by atoms with Crippen molar-refractivity contribution in [3.8, 4) is 0 Å². The van der Waals surface area contributed by atoms with E-state index in [2.05, 4.69) is 16.0 Å². The van der Waals surface area contributed by atoms with Gasteiger partial charge >= 0.3 is 5.97 Å². The molecule has 3 rings (SSSR count). The van der Waals surface area contributed by atoms with E-state index >= 15 is 0 Å². The molecule has 23 heavy (non-hydrogen) atoms. The number of allylic oxidation sites excluding steroid dienone is 2. The van der Waals surface area contributed by atoms with Crippen LogP contribution in [0.2, 0.25) is 0 Å². The van der Waals surface area contributed by atoms with Crippen LogP contribution in [0.1, 0.15) is 49.0 Å². The third-order valence-corrected chi connectivity index (χ3v) is 4.00. The van der Waals surface area contributed by atoms with Gasteiger partial charge in [0.05, 0.1) is 0 Å². The average Bonchev–Trinajstić information content (AvgIpc) is 3.39. The topological polar surface area (TPSA) is 98.4 Å². The summed E-state index contributed by atoms with van der Waals surface area (Å²) in [6.07, 6.45) is 11.1. The van der Waals surface area contributed by atoms with E-state index in [1.54, 1.807) is 0 Å². The van der Waals surface area contributed by atoms with Crippen LogP contribution < -0.4 is 5.73 Å². The quantitative estimate of drug-likeness (QED) is 0.830. The second-order valence-corrected chi connectivity index (χ2v) is 5.80. The molecule has 1 aromatic rings. The fourth-order valence-electron chi connectivity index (χ4n) is 2.74. The van der Waals surface area contributed by atoms with Gasteiger partial charge in [-0.25, -0.2) is 14.8 Å². The number of aromatic nitrogens is 2. The SMILES string of the molecule is Nc1nccnc1C(=O)OCC(=O)N(C1=CCCCC1)C1CC1. The van der Waals surface area contributed by atoms with Crippen LogP contribution in [-0.2, 0) is 9.53 Å². The van der Waals surface area contributed by atoms with Crippen LogP contribution in [-0.4, -0.2) is 39.4 Å². The maximum absolute atomic E-state index is 12.5. The lowest BCUT2D eigenvalue weighted by Gasteiger charge is -2.27. The van der Waals surface area contributed by atoms with Crippen molar-refractivity contribution in [3.63, 3.8) is 0 Å². The highest BCUT2D eigenvalue weighted by Gasteiger charge is 2.35. The van der Waals surface area contributed by atoms with Crippen LogP contribution in [0.15, 0.2) is 24.2 Å². The molecule has 1 heterocycles. The van der Waals surface area contributed by atoms with Gasteiger partial charge in [0.2, 0.25) is 0 Å². The molecule has 2 aliphatic carbocycles. The molecule has 122 valence electrons. The maximum atomic E-state index is 12.5. The Balaban J connectivity index is 1.62. The Hall–Kier alpha value is -2.44. The van der Waals surface area contributed by atoms with Gasteiger partial charge in [-0.1, -0.05) is 6.08 Å². The van der Waals surface area contributed by atoms with Crippen molar-refractivity contribution >= 4 is 17.7 Å². The fourth-order valence-corrected chi connectivity index (χ4v) is 2.74. The highest BCUT2D eigenvalue weighted by Crippen LogP contribution is 2.33. The smallest absolute Gasteiger partial charge is 0.361 e. The van der Waals surface area contributed by atoms with E-state index in [0.717, 1.165) is 44.2 Å². The average molecular weight is 316 g/mol. The van der Waals surface area contributed by atoms with Crippen LogP contribution in [0.5, 0.6) is 0 Å². The predicted octanol–water partition coefficient (Wildman–Crippen LogP) is 1.66. The first-order chi connectivity index (χ1) is 11.2. The summed E-state index contributed by atoms with van der Waals surface area (Å²) in [6.45, 7) is -0.303. The van der Waals surface area contributed by atoms with Gasteiger partial charge in [0.1, 0.15) is 0 Å². The first kappa shape index (κ1) is 15.5. The van der Waals surface area contributed by atoms with Crippen LogP contribution in [0.25, 0.3) is 0 Å². The van der Waals surface area contributed by atoms with E-state index in [9.17, 15) is 9.59 Å². The molecule has 0 bridgehead atoms. The number of anilines is 1. The summed E-state index contributed by atoms with van der Waals surface area (Å²) in [6, 6.07) is 0.257. The molecule has 1 saturated carbocycles. The Labute approximate surface area is 134 Å². The Morgan fingerprint density at radius 1 is 1.26 bits per heavy atom.